The number of hydrazine groups is 1. The molecule has 0 aliphatic carbocycles. The molecule has 3 aromatic rings. The third-order valence-corrected chi connectivity index (χ3v) is 6.39. The van der Waals surface area contributed by atoms with Crippen molar-refractivity contribution < 1.29 is 9.90 Å². The van der Waals surface area contributed by atoms with Gasteiger partial charge in [0.1, 0.15) is 0 Å². The fourth-order valence-corrected chi connectivity index (χ4v) is 4.59. The van der Waals surface area contributed by atoms with E-state index in [1.54, 1.807) is 24.3 Å². The molecule has 30 heavy (non-hydrogen) atoms. The number of carbonyl (C=O) groups is 1. The number of rotatable bonds is 4. The lowest BCUT2D eigenvalue weighted by Crippen LogP contribution is -2.54. The van der Waals surface area contributed by atoms with Gasteiger partial charge in [-0.2, -0.15) is 0 Å². The Kier molecular flexibility index (Phi) is 6.15. The lowest BCUT2D eigenvalue weighted by molar-refractivity contribution is -0.0676. The van der Waals surface area contributed by atoms with Gasteiger partial charge in [0.2, 0.25) is 0 Å². The van der Waals surface area contributed by atoms with Crippen molar-refractivity contribution >= 4 is 56.1 Å². The normalized spacial score (nSPS) is 19.8. The van der Waals surface area contributed by atoms with Crippen LogP contribution >= 0.6 is 39.3 Å². The van der Waals surface area contributed by atoms with Crippen molar-refractivity contribution in [3.05, 3.63) is 99.5 Å². The quantitative estimate of drug-likeness (QED) is 0.506. The van der Waals surface area contributed by atoms with E-state index in [0.717, 1.165) is 4.47 Å². The van der Waals surface area contributed by atoms with Crippen molar-refractivity contribution in [1.82, 2.24) is 10.4 Å². The zero-order valence-corrected chi connectivity index (χ0v) is 18.8. The van der Waals surface area contributed by atoms with Gasteiger partial charge in [0.25, 0.3) is 5.91 Å². The molecule has 1 amide bonds. The van der Waals surface area contributed by atoms with E-state index in [1.807, 2.05) is 54.6 Å². The summed E-state index contributed by atoms with van der Waals surface area (Å²) >= 11 is 10.8. The third kappa shape index (κ3) is 4.39. The zero-order chi connectivity index (χ0) is 21.1. The highest BCUT2D eigenvalue weighted by Crippen LogP contribution is 2.38. The predicted molar refractivity (Wildman–Crippen MR) is 125 cm³/mol. The zero-order valence-electron chi connectivity index (χ0n) is 15.6. The summed E-state index contributed by atoms with van der Waals surface area (Å²) in [5.41, 5.74) is 3.12. The van der Waals surface area contributed by atoms with E-state index in [4.69, 9.17) is 11.6 Å². The van der Waals surface area contributed by atoms with Crippen LogP contribution in [0, 0.1) is 0 Å². The Morgan fingerprint density at radius 2 is 1.83 bits per heavy atom. The smallest absolute Gasteiger partial charge is 0.270 e. The number of amides is 1. The number of halogens is 2. The van der Waals surface area contributed by atoms with Crippen LogP contribution in [-0.4, -0.2) is 26.9 Å². The molecule has 1 unspecified atom stereocenters. The minimum Gasteiger partial charge on any atom is -0.365 e. The fourth-order valence-electron chi connectivity index (χ4n) is 3.01. The Bertz CT molecular complexity index is 1100. The van der Waals surface area contributed by atoms with Gasteiger partial charge in [0, 0.05) is 20.6 Å². The molecule has 5 nitrogen and oxygen atoms in total. The molecule has 1 atom stereocenters. The van der Waals surface area contributed by atoms with Crippen LogP contribution in [0.1, 0.15) is 15.9 Å². The van der Waals surface area contributed by atoms with Gasteiger partial charge in [-0.1, -0.05) is 75.7 Å². The fraction of sp³-hybridized carbons (Fsp3) is 0.0909. The Balaban J connectivity index is 1.71. The summed E-state index contributed by atoms with van der Waals surface area (Å²) in [6.45, 7) is 0. The highest BCUT2D eigenvalue weighted by Gasteiger charge is 2.46. The first-order chi connectivity index (χ1) is 14.5. The van der Waals surface area contributed by atoms with Gasteiger partial charge in [-0.3, -0.25) is 10.2 Å². The number of nitrogens with one attached hydrogen (secondary N) is 1. The lowest BCUT2D eigenvalue weighted by Gasteiger charge is -2.34. The van der Waals surface area contributed by atoms with Crippen molar-refractivity contribution in [2.75, 3.05) is 5.75 Å². The van der Waals surface area contributed by atoms with Crippen molar-refractivity contribution in [2.24, 2.45) is 4.99 Å². The number of thioether (sulfide) groups is 1. The van der Waals surface area contributed by atoms with Crippen LogP contribution in [0.2, 0.25) is 5.02 Å². The van der Waals surface area contributed by atoms with Crippen LogP contribution in [0.15, 0.2) is 88.3 Å². The Labute approximate surface area is 191 Å². The topological polar surface area (TPSA) is 64.9 Å². The summed E-state index contributed by atoms with van der Waals surface area (Å²) < 4.78 is 0.942. The molecule has 0 aromatic heterocycles. The molecule has 1 aliphatic heterocycles. The highest BCUT2D eigenvalue weighted by atomic mass is 79.9. The van der Waals surface area contributed by atoms with Crippen molar-refractivity contribution in [3.63, 3.8) is 0 Å². The SMILES string of the molecule is O=C(NN1C(=Nc2ccc(Br)cc2)SCC1(O)c1ccccc1)c1cccc(Cl)c1. The summed E-state index contributed by atoms with van der Waals surface area (Å²) in [5, 5.41) is 13.9. The molecule has 0 radical (unpaired) electrons. The van der Waals surface area contributed by atoms with Gasteiger partial charge in [-0.05, 0) is 42.5 Å². The number of nitrogens with zero attached hydrogens (tertiary/aromatic N) is 2. The first-order valence-electron chi connectivity index (χ1n) is 9.07. The summed E-state index contributed by atoms with van der Waals surface area (Å²) in [6, 6.07) is 23.3. The second-order valence-electron chi connectivity index (χ2n) is 6.63. The average molecular weight is 503 g/mol. The van der Waals surface area contributed by atoms with E-state index in [-0.39, 0.29) is 0 Å². The minimum absolute atomic E-state index is 0.308. The van der Waals surface area contributed by atoms with Gasteiger partial charge >= 0.3 is 0 Å². The van der Waals surface area contributed by atoms with Crippen LogP contribution in [0.3, 0.4) is 0 Å². The van der Waals surface area contributed by atoms with Gasteiger partial charge in [0.15, 0.2) is 10.9 Å². The molecule has 4 rings (SSSR count). The van der Waals surface area contributed by atoms with Crippen molar-refractivity contribution in [3.8, 4) is 0 Å². The molecular weight excluding hydrogens is 486 g/mol. The van der Waals surface area contributed by atoms with E-state index in [1.165, 1.54) is 16.8 Å². The molecular formula is C22H17BrClN3O2S. The Morgan fingerprint density at radius 1 is 1.10 bits per heavy atom. The van der Waals surface area contributed by atoms with Gasteiger partial charge in [0.05, 0.1) is 11.4 Å². The molecule has 0 bridgehead atoms. The second kappa shape index (κ2) is 8.81. The third-order valence-electron chi connectivity index (χ3n) is 4.55. The molecule has 2 N–H and O–H groups in total. The molecule has 0 saturated carbocycles. The molecule has 1 saturated heterocycles. The highest BCUT2D eigenvalue weighted by molar-refractivity contribution is 9.10. The average Bonchev–Trinajstić information content (AvgIpc) is 3.07. The van der Waals surface area contributed by atoms with Crippen LogP contribution in [0.5, 0.6) is 0 Å². The second-order valence-corrected chi connectivity index (χ2v) is 8.92. The first-order valence-corrected chi connectivity index (χ1v) is 11.2. The van der Waals surface area contributed by atoms with Crippen LogP contribution in [-0.2, 0) is 5.72 Å². The predicted octanol–water partition coefficient (Wildman–Crippen LogP) is 5.33. The molecule has 0 spiro atoms. The summed E-state index contributed by atoms with van der Waals surface area (Å²) in [4.78, 5) is 17.6. The first kappa shape index (κ1) is 20.9. The molecule has 3 aromatic carbocycles. The van der Waals surface area contributed by atoms with Gasteiger partial charge in [-0.15, -0.1) is 0 Å². The number of aliphatic hydroxyl groups is 1. The van der Waals surface area contributed by atoms with Crippen LogP contribution in [0.25, 0.3) is 0 Å². The number of hydrogen-bond donors (Lipinski definition) is 2. The van der Waals surface area contributed by atoms with Crippen LogP contribution in [0.4, 0.5) is 5.69 Å². The van der Waals surface area contributed by atoms with E-state index in [9.17, 15) is 9.90 Å². The van der Waals surface area contributed by atoms with E-state index >= 15 is 0 Å². The number of benzene rings is 3. The van der Waals surface area contributed by atoms with E-state index in [2.05, 4.69) is 26.3 Å². The Hall–Kier alpha value is -2.32. The number of hydrogen-bond acceptors (Lipinski definition) is 4. The molecule has 1 fully saturated rings. The molecule has 1 aliphatic rings. The largest absolute Gasteiger partial charge is 0.365 e. The standard InChI is InChI=1S/C22H17BrClN3O2S/c23-17-9-11-19(12-10-17)25-21-27(26-20(28)15-5-4-8-18(24)13-15)22(29,14-30-21)16-6-2-1-3-7-16/h1-13,29H,14H2,(H,26,28). The summed E-state index contributed by atoms with van der Waals surface area (Å²) in [7, 11) is 0. The van der Waals surface area contributed by atoms with Gasteiger partial charge < -0.3 is 5.11 Å². The molecule has 1 heterocycles. The maximum atomic E-state index is 12.9. The maximum absolute atomic E-state index is 12.9. The van der Waals surface area contributed by atoms with Crippen molar-refractivity contribution in [1.29, 1.82) is 0 Å². The molecule has 8 heteroatoms. The monoisotopic (exact) mass is 501 g/mol. The van der Waals surface area contributed by atoms with E-state index in [0.29, 0.717) is 32.8 Å². The number of aliphatic imine (C=N–C) groups is 1. The number of carbonyl (C=O) groups excluding carboxylic acids is 1. The molecule has 152 valence electrons. The lowest BCUT2D eigenvalue weighted by atomic mass is 10.0. The van der Waals surface area contributed by atoms with Gasteiger partial charge in [-0.25, -0.2) is 10.0 Å². The number of amidine groups is 1. The van der Waals surface area contributed by atoms with Crippen molar-refractivity contribution in [2.45, 2.75) is 5.72 Å². The summed E-state index contributed by atoms with van der Waals surface area (Å²) in [5.74, 6) is -0.0831. The van der Waals surface area contributed by atoms with Crippen LogP contribution < -0.4 is 5.43 Å². The van der Waals surface area contributed by atoms with E-state index < -0.39 is 11.6 Å². The summed E-state index contributed by atoms with van der Waals surface area (Å²) in [6.07, 6.45) is 0. The minimum atomic E-state index is -1.45. The Morgan fingerprint density at radius 3 is 2.53 bits per heavy atom. The maximum Gasteiger partial charge on any atom is 0.270 e.